The number of aryl methyl sites for hydroxylation is 1. The Kier molecular flexibility index (Phi) is 2.72. The van der Waals surface area contributed by atoms with Gasteiger partial charge in [0, 0.05) is 6.20 Å². The van der Waals surface area contributed by atoms with Gasteiger partial charge in [-0.15, -0.1) is 0 Å². The van der Waals surface area contributed by atoms with Crippen LogP contribution in [0.3, 0.4) is 0 Å². The molecule has 2 nitrogen and oxygen atoms in total. The second-order valence-corrected chi connectivity index (χ2v) is 5.01. The Morgan fingerprint density at radius 2 is 1.94 bits per heavy atom. The van der Waals surface area contributed by atoms with Gasteiger partial charge in [-0.05, 0) is 50.7 Å². The molecule has 0 spiro atoms. The van der Waals surface area contributed by atoms with Gasteiger partial charge >= 0.3 is 0 Å². The molecule has 1 heterocycles. The summed E-state index contributed by atoms with van der Waals surface area (Å²) in [7, 11) is 0. The highest BCUT2D eigenvalue weighted by Gasteiger charge is 2.23. The summed E-state index contributed by atoms with van der Waals surface area (Å²) < 4.78 is 0. The predicted octanol–water partition coefficient (Wildman–Crippen LogP) is 2.98. The van der Waals surface area contributed by atoms with E-state index in [2.05, 4.69) is 44.3 Å². The van der Waals surface area contributed by atoms with E-state index in [4.69, 9.17) is 12.2 Å². The van der Waals surface area contributed by atoms with Crippen LogP contribution in [0.2, 0.25) is 0 Å². The number of rotatable bonds is 1. The minimum absolute atomic E-state index is 0.0593. The van der Waals surface area contributed by atoms with Gasteiger partial charge in [0.1, 0.15) is 0 Å². The Balaban J connectivity index is 2.37. The van der Waals surface area contributed by atoms with Gasteiger partial charge in [-0.25, -0.2) is 0 Å². The summed E-state index contributed by atoms with van der Waals surface area (Å²) in [6, 6.07) is 8.23. The van der Waals surface area contributed by atoms with Gasteiger partial charge in [0.05, 0.1) is 11.2 Å². The number of hydrogen-bond donors (Lipinski definition) is 1. The highest BCUT2D eigenvalue weighted by molar-refractivity contribution is 7.80. The molecular formula is C13H16N2S. The van der Waals surface area contributed by atoms with Crippen molar-refractivity contribution in [3.8, 4) is 0 Å². The summed E-state index contributed by atoms with van der Waals surface area (Å²) in [6.07, 6.45) is 4.16. The zero-order chi connectivity index (χ0) is 11.8. The minimum atomic E-state index is -0.0593. The van der Waals surface area contributed by atoms with Gasteiger partial charge < -0.3 is 5.32 Å². The third kappa shape index (κ3) is 2.09. The second-order valence-electron chi connectivity index (χ2n) is 4.62. The Hall–Kier alpha value is -1.35. The van der Waals surface area contributed by atoms with Crippen LogP contribution in [0.5, 0.6) is 0 Å². The molecule has 0 amide bonds. The largest absolute Gasteiger partial charge is 0.354 e. The Morgan fingerprint density at radius 3 is 2.56 bits per heavy atom. The third-order valence-corrected chi connectivity index (χ3v) is 2.96. The van der Waals surface area contributed by atoms with Gasteiger partial charge in [0.15, 0.2) is 5.11 Å². The SMILES string of the molecule is Cc1ccccc1N1C=CC(C)(C)NC1=S. The second kappa shape index (κ2) is 3.91. The zero-order valence-electron chi connectivity index (χ0n) is 9.82. The smallest absolute Gasteiger partial charge is 0.178 e. The van der Waals surface area contributed by atoms with Gasteiger partial charge in [-0.3, -0.25) is 4.90 Å². The summed E-state index contributed by atoms with van der Waals surface area (Å²) in [5, 5.41) is 4.05. The summed E-state index contributed by atoms with van der Waals surface area (Å²) >= 11 is 5.38. The fourth-order valence-electron chi connectivity index (χ4n) is 1.73. The van der Waals surface area contributed by atoms with Crippen LogP contribution < -0.4 is 10.2 Å². The van der Waals surface area contributed by atoms with Crippen molar-refractivity contribution in [2.45, 2.75) is 26.3 Å². The first-order valence-corrected chi connectivity index (χ1v) is 5.77. The Bertz CT molecular complexity index is 449. The average molecular weight is 232 g/mol. The van der Waals surface area contributed by atoms with E-state index >= 15 is 0 Å². The molecule has 0 saturated carbocycles. The lowest BCUT2D eigenvalue weighted by Gasteiger charge is -2.35. The van der Waals surface area contributed by atoms with E-state index in [9.17, 15) is 0 Å². The molecule has 84 valence electrons. The Morgan fingerprint density at radius 1 is 1.25 bits per heavy atom. The predicted molar refractivity (Wildman–Crippen MR) is 72.6 cm³/mol. The molecule has 1 aliphatic rings. The summed E-state index contributed by atoms with van der Waals surface area (Å²) in [5.41, 5.74) is 2.29. The lowest BCUT2D eigenvalue weighted by molar-refractivity contribution is 0.566. The number of hydrogen-bond acceptors (Lipinski definition) is 1. The third-order valence-electron chi connectivity index (χ3n) is 2.66. The number of benzene rings is 1. The molecule has 0 atom stereocenters. The van der Waals surface area contributed by atoms with Crippen LogP contribution in [0.4, 0.5) is 5.69 Å². The first-order valence-electron chi connectivity index (χ1n) is 5.36. The lowest BCUT2D eigenvalue weighted by Crippen LogP contribution is -2.51. The monoisotopic (exact) mass is 232 g/mol. The first-order chi connectivity index (χ1) is 7.49. The van der Waals surface area contributed by atoms with E-state index in [0.29, 0.717) is 0 Å². The molecule has 0 aromatic heterocycles. The molecule has 0 saturated heterocycles. The molecule has 1 aliphatic heterocycles. The molecule has 0 aliphatic carbocycles. The van der Waals surface area contributed by atoms with Crippen LogP contribution >= 0.6 is 12.2 Å². The molecular weight excluding hydrogens is 216 g/mol. The summed E-state index contributed by atoms with van der Waals surface area (Å²) in [4.78, 5) is 2.01. The molecule has 16 heavy (non-hydrogen) atoms. The van der Waals surface area contributed by atoms with Crippen molar-refractivity contribution in [1.82, 2.24) is 5.32 Å². The van der Waals surface area contributed by atoms with Crippen molar-refractivity contribution in [3.63, 3.8) is 0 Å². The Labute approximate surface area is 102 Å². The maximum absolute atomic E-state index is 5.38. The molecule has 0 radical (unpaired) electrons. The number of para-hydroxylation sites is 1. The van der Waals surface area contributed by atoms with Crippen molar-refractivity contribution in [3.05, 3.63) is 42.1 Å². The van der Waals surface area contributed by atoms with Gasteiger partial charge in [-0.1, -0.05) is 18.2 Å². The van der Waals surface area contributed by atoms with Crippen LogP contribution in [0.1, 0.15) is 19.4 Å². The normalized spacial score (nSPS) is 18.4. The van der Waals surface area contributed by atoms with Gasteiger partial charge in [0.2, 0.25) is 0 Å². The topological polar surface area (TPSA) is 15.3 Å². The lowest BCUT2D eigenvalue weighted by atomic mass is 10.0. The number of nitrogens with one attached hydrogen (secondary N) is 1. The molecule has 0 unspecified atom stereocenters. The van der Waals surface area contributed by atoms with Crippen molar-refractivity contribution in [1.29, 1.82) is 0 Å². The summed E-state index contributed by atoms with van der Waals surface area (Å²) in [5.74, 6) is 0. The van der Waals surface area contributed by atoms with E-state index in [0.717, 1.165) is 10.8 Å². The van der Waals surface area contributed by atoms with Crippen LogP contribution in [-0.2, 0) is 0 Å². The van der Waals surface area contributed by atoms with E-state index in [1.165, 1.54) is 5.56 Å². The minimum Gasteiger partial charge on any atom is -0.354 e. The molecule has 0 fully saturated rings. The zero-order valence-corrected chi connectivity index (χ0v) is 10.6. The number of anilines is 1. The molecule has 2 rings (SSSR count). The maximum Gasteiger partial charge on any atom is 0.178 e. The number of nitrogens with zero attached hydrogens (tertiary/aromatic N) is 1. The van der Waals surface area contributed by atoms with E-state index in [1.807, 2.05) is 23.2 Å². The van der Waals surface area contributed by atoms with Crippen molar-refractivity contribution >= 4 is 23.0 Å². The van der Waals surface area contributed by atoms with Gasteiger partial charge in [-0.2, -0.15) is 0 Å². The highest BCUT2D eigenvalue weighted by Crippen LogP contribution is 2.23. The van der Waals surface area contributed by atoms with Gasteiger partial charge in [0.25, 0.3) is 0 Å². The van der Waals surface area contributed by atoms with Crippen molar-refractivity contribution < 1.29 is 0 Å². The van der Waals surface area contributed by atoms with Crippen LogP contribution in [0.15, 0.2) is 36.5 Å². The molecule has 1 aromatic carbocycles. The summed E-state index contributed by atoms with van der Waals surface area (Å²) in [6.45, 7) is 6.29. The fraction of sp³-hybridized carbons (Fsp3) is 0.308. The van der Waals surface area contributed by atoms with Crippen LogP contribution in [-0.4, -0.2) is 10.7 Å². The van der Waals surface area contributed by atoms with E-state index in [1.54, 1.807) is 0 Å². The van der Waals surface area contributed by atoms with Crippen LogP contribution in [0.25, 0.3) is 0 Å². The number of thiocarbonyl (C=S) groups is 1. The first kappa shape index (κ1) is 11.1. The van der Waals surface area contributed by atoms with E-state index in [-0.39, 0.29) is 5.54 Å². The average Bonchev–Trinajstić information content (AvgIpc) is 2.18. The maximum atomic E-state index is 5.38. The van der Waals surface area contributed by atoms with Crippen LogP contribution in [0, 0.1) is 6.92 Å². The molecule has 1 aromatic rings. The van der Waals surface area contributed by atoms with Crippen molar-refractivity contribution in [2.24, 2.45) is 0 Å². The standard InChI is InChI=1S/C13H16N2S/c1-10-6-4-5-7-11(10)15-9-8-13(2,3)14-12(15)16/h4-9H,1-3H3,(H,14,16). The molecule has 0 bridgehead atoms. The molecule has 3 heteroatoms. The molecule has 1 N–H and O–H groups in total. The quantitative estimate of drug-likeness (QED) is 0.749. The van der Waals surface area contributed by atoms with E-state index < -0.39 is 0 Å². The highest BCUT2D eigenvalue weighted by atomic mass is 32.1. The van der Waals surface area contributed by atoms with Crippen molar-refractivity contribution in [2.75, 3.05) is 4.90 Å². The fourth-order valence-corrected chi connectivity index (χ4v) is 2.15.